The van der Waals surface area contributed by atoms with Crippen LogP contribution in [0.2, 0.25) is 0 Å². The summed E-state index contributed by atoms with van der Waals surface area (Å²) in [5, 5.41) is 6.20. The maximum atomic E-state index is 11.9. The highest BCUT2D eigenvalue weighted by Crippen LogP contribution is 2.23. The number of benzene rings is 2. The Morgan fingerprint density at radius 1 is 0.941 bits per heavy atom. The Balaban J connectivity index is 1.37. The highest BCUT2D eigenvalue weighted by atomic mass is 16.2. The second kappa shape index (κ2) is 11.1. The van der Waals surface area contributed by atoms with Crippen molar-refractivity contribution in [2.24, 2.45) is 0 Å². The average Bonchev–Trinajstić information content (AvgIpc) is 2.85. The van der Waals surface area contributed by atoms with Gasteiger partial charge in [0, 0.05) is 55.0 Å². The Morgan fingerprint density at radius 3 is 2.26 bits per heavy atom. The molecular weight excluding hydrogens is 426 g/mol. The SMILES string of the molecule is CCN1CCN(c2ccc(Nc3nccc(-c4ccc(NC(=O)CN(C)C)cc4)n3)cc2)CC1. The summed E-state index contributed by atoms with van der Waals surface area (Å²) in [6.45, 7) is 8.02. The van der Waals surface area contributed by atoms with Gasteiger partial charge in [-0.05, 0) is 63.1 Å². The summed E-state index contributed by atoms with van der Waals surface area (Å²) in [7, 11) is 3.73. The van der Waals surface area contributed by atoms with Crippen molar-refractivity contribution >= 4 is 28.9 Å². The van der Waals surface area contributed by atoms with Crippen molar-refractivity contribution in [2.45, 2.75) is 6.92 Å². The van der Waals surface area contributed by atoms with Crippen LogP contribution in [0, 0.1) is 0 Å². The van der Waals surface area contributed by atoms with Crippen LogP contribution < -0.4 is 15.5 Å². The Kier molecular flexibility index (Phi) is 7.72. The van der Waals surface area contributed by atoms with Gasteiger partial charge in [-0.25, -0.2) is 9.97 Å². The fourth-order valence-corrected chi connectivity index (χ4v) is 4.00. The molecule has 4 rings (SSSR count). The van der Waals surface area contributed by atoms with Crippen LogP contribution in [0.1, 0.15) is 6.92 Å². The molecule has 0 unspecified atom stereocenters. The summed E-state index contributed by atoms with van der Waals surface area (Å²) in [6, 6.07) is 18.0. The number of carbonyl (C=O) groups excluding carboxylic acids is 1. The van der Waals surface area contributed by atoms with Gasteiger partial charge in [0.25, 0.3) is 0 Å². The van der Waals surface area contributed by atoms with Crippen LogP contribution in [0.4, 0.5) is 23.0 Å². The van der Waals surface area contributed by atoms with Crippen LogP contribution in [-0.2, 0) is 4.79 Å². The molecule has 0 spiro atoms. The Hall–Kier alpha value is -3.49. The number of anilines is 4. The minimum atomic E-state index is -0.0412. The summed E-state index contributed by atoms with van der Waals surface area (Å²) in [6.07, 6.45) is 1.75. The van der Waals surface area contributed by atoms with E-state index in [0.29, 0.717) is 12.5 Å². The summed E-state index contributed by atoms with van der Waals surface area (Å²) >= 11 is 0. The third kappa shape index (κ3) is 6.30. The summed E-state index contributed by atoms with van der Waals surface area (Å²) in [5.41, 5.74) is 4.73. The second-order valence-electron chi connectivity index (χ2n) is 8.72. The van der Waals surface area contributed by atoms with Gasteiger partial charge in [0.15, 0.2) is 0 Å². The molecule has 0 saturated carbocycles. The van der Waals surface area contributed by atoms with Gasteiger partial charge in [-0.1, -0.05) is 19.1 Å². The molecule has 8 nitrogen and oxygen atoms in total. The lowest BCUT2D eigenvalue weighted by atomic mass is 10.1. The quantitative estimate of drug-likeness (QED) is 0.534. The zero-order chi connectivity index (χ0) is 23.9. The van der Waals surface area contributed by atoms with Crippen molar-refractivity contribution in [2.75, 3.05) is 68.9 Å². The lowest BCUT2D eigenvalue weighted by Gasteiger charge is -2.35. The first-order chi connectivity index (χ1) is 16.5. The largest absolute Gasteiger partial charge is 0.369 e. The van der Waals surface area contributed by atoms with E-state index in [2.05, 4.69) is 61.6 Å². The molecule has 0 aliphatic carbocycles. The number of carbonyl (C=O) groups is 1. The van der Waals surface area contributed by atoms with Crippen LogP contribution >= 0.6 is 0 Å². The summed E-state index contributed by atoms with van der Waals surface area (Å²) in [4.78, 5) is 27.7. The van der Waals surface area contributed by atoms with Crippen LogP contribution in [0.15, 0.2) is 60.8 Å². The van der Waals surface area contributed by atoms with Gasteiger partial charge in [-0.15, -0.1) is 0 Å². The monoisotopic (exact) mass is 459 g/mol. The second-order valence-corrected chi connectivity index (χ2v) is 8.72. The number of hydrogen-bond acceptors (Lipinski definition) is 7. The van der Waals surface area contributed by atoms with Crippen LogP contribution in [0.3, 0.4) is 0 Å². The molecule has 34 heavy (non-hydrogen) atoms. The van der Waals surface area contributed by atoms with Gasteiger partial charge in [0.05, 0.1) is 12.2 Å². The van der Waals surface area contributed by atoms with Crippen molar-refractivity contribution in [1.29, 1.82) is 0 Å². The molecular formula is C26H33N7O. The maximum Gasteiger partial charge on any atom is 0.238 e. The molecule has 1 saturated heterocycles. The third-order valence-electron chi connectivity index (χ3n) is 5.89. The number of nitrogens with one attached hydrogen (secondary N) is 2. The van der Waals surface area contributed by atoms with E-state index in [4.69, 9.17) is 0 Å². The predicted molar refractivity (Wildman–Crippen MR) is 139 cm³/mol. The van der Waals surface area contributed by atoms with E-state index in [1.807, 2.05) is 49.3 Å². The molecule has 2 heterocycles. The predicted octanol–water partition coefficient (Wildman–Crippen LogP) is 3.53. The van der Waals surface area contributed by atoms with E-state index in [1.165, 1.54) is 5.69 Å². The topological polar surface area (TPSA) is 76.6 Å². The maximum absolute atomic E-state index is 11.9. The van der Waals surface area contributed by atoms with Gasteiger partial charge >= 0.3 is 0 Å². The lowest BCUT2D eigenvalue weighted by Crippen LogP contribution is -2.46. The standard InChI is InChI=1S/C26H33N7O/c1-4-32-15-17-33(18-16-32)23-11-9-22(10-12-23)29-26-27-14-13-24(30-26)20-5-7-21(8-6-20)28-25(34)19-31(2)3/h5-14H,4,15-19H2,1-3H3,(H,28,34)(H,27,29,30). The zero-order valence-corrected chi connectivity index (χ0v) is 20.2. The Bertz CT molecular complexity index is 1080. The van der Waals surface area contributed by atoms with Crippen molar-refractivity contribution in [3.8, 4) is 11.3 Å². The smallest absolute Gasteiger partial charge is 0.238 e. The lowest BCUT2D eigenvalue weighted by molar-refractivity contribution is -0.116. The fourth-order valence-electron chi connectivity index (χ4n) is 4.00. The molecule has 3 aromatic rings. The highest BCUT2D eigenvalue weighted by molar-refractivity contribution is 5.92. The highest BCUT2D eigenvalue weighted by Gasteiger charge is 2.15. The average molecular weight is 460 g/mol. The van der Waals surface area contributed by atoms with Crippen LogP contribution in [0.25, 0.3) is 11.3 Å². The van der Waals surface area contributed by atoms with E-state index in [9.17, 15) is 4.79 Å². The number of piperazine rings is 1. The number of nitrogens with zero attached hydrogens (tertiary/aromatic N) is 5. The van der Waals surface area contributed by atoms with E-state index < -0.39 is 0 Å². The molecule has 1 aliphatic heterocycles. The minimum absolute atomic E-state index is 0.0412. The number of amides is 1. The molecule has 2 N–H and O–H groups in total. The molecule has 1 aromatic heterocycles. The number of rotatable bonds is 8. The van der Waals surface area contributed by atoms with Gasteiger partial charge < -0.3 is 25.3 Å². The zero-order valence-electron chi connectivity index (χ0n) is 20.2. The van der Waals surface area contributed by atoms with E-state index in [0.717, 1.165) is 55.4 Å². The van der Waals surface area contributed by atoms with E-state index >= 15 is 0 Å². The molecule has 0 bridgehead atoms. The summed E-state index contributed by atoms with van der Waals surface area (Å²) in [5.74, 6) is 0.505. The molecule has 0 radical (unpaired) electrons. The molecule has 1 amide bonds. The van der Waals surface area contributed by atoms with Crippen LogP contribution in [0.5, 0.6) is 0 Å². The summed E-state index contributed by atoms with van der Waals surface area (Å²) < 4.78 is 0. The molecule has 0 atom stereocenters. The first-order valence-corrected chi connectivity index (χ1v) is 11.7. The number of aromatic nitrogens is 2. The van der Waals surface area contributed by atoms with Crippen molar-refractivity contribution in [3.05, 3.63) is 60.8 Å². The third-order valence-corrected chi connectivity index (χ3v) is 5.89. The molecule has 2 aromatic carbocycles. The van der Waals surface area contributed by atoms with Gasteiger partial charge in [-0.2, -0.15) is 0 Å². The first kappa shape index (κ1) is 23.7. The number of likely N-dealkylation sites (N-methyl/N-ethyl adjacent to an activating group) is 2. The first-order valence-electron chi connectivity index (χ1n) is 11.7. The van der Waals surface area contributed by atoms with Crippen molar-refractivity contribution in [1.82, 2.24) is 19.8 Å². The van der Waals surface area contributed by atoms with Gasteiger partial charge in [0.1, 0.15) is 0 Å². The normalized spacial score (nSPS) is 14.3. The Morgan fingerprint density at radius 2 is 1.62 bits per heavy atom. The molecule has 8 heteroatoms. The molecule has 1 aliphatic rings. The fraction of sp³-hybridized carbons (Fsp3) is 0.346. The molecule has 178 valence electrons. The van der Waals surface area contributed by atoms with E-state index in [1.54, 1.807) is 6.20 Å². The van der Waals surface area contributed by atoms with Gasteiger partial charge in [0.2, 0.25) is 11.9 Å². The number of hydrogen-bond donors (Lipinski definition) is 2. The Labute approximate surface area is 201 Å². The van der Waals surface area contributed by atoms with Crippen molar-refractivity contribution < 1.29 is 4.79 Å². The minimum Gasteiger partial charge on any atom is -0.369 e. The molecule has 1 fully saturated rings. The van der Waals surface area contributed by atoms with Crippen LogP contribution in [-0.4, -0.2) is 79.0 Å². The van der Waals surface area contributed by atoms with E-state index in [-0.39, 0.29) is 5.91 Å². The van der Waals surface area contributed by atoms with Crippen molar-refractivity contribution in [3.63, 3.8) is 0 Å². The van der Waals surface area contributed by atoms with Gasteiger partial charge in [-0.3, -0.25) is 4.79 Å².